The number of halogens is 1. The van der Waals surface area contributed by atoms with Crippen molar-refractivity contribution in [3.05, 3.63) is 74.0 Å². The maximum atomic E-state index is 13.6. The van der Waals surface area contributed by atoms with E-state index >= 15 is 0 Å². The molecule has 7 nitrogen and oxygen atoms in total. The average molecular weight is 431 g/mol. The van der Waals surface area contributed by atoms with E-state index in [1.54, 1.807) is 34.9 Å². The van der Waals surface area contributed by atoms with Crippen molar-refractivity contribution in [3.8, 4) is 5.75 Å². The third-order valence-electron chi connectivity index (χ3n) is 5.59. The summed E-state index contributed by atoms with van der Waals surface area (Å²) in [4.78, 5) is 26.2. The molecule has 4 rings (SSSR count). The Morgan fingerprint density at radius 2 is 2.07 bits per heavy atom. The molecule has 1 aromatic carbocycles. The molecule has 2 N–H and O–H groups in total. The predicted molar refractivity (Wildman–Crippen MR) is 112 cm³/mol. The Labute approximate surface area is 179 Å². The number of ether oxygens (including phenoxy) is 3. The summed E-state index contributed by atoms with van der Waals surface area (Å²) in [6, 6.07) is 8.71. The molecule has 1 saturated heterocycles. The first-order valence-electron chi connectivity index (χ1n) is 9.78. The number of aryl methyl sites for hydroxylation is 1. The van der Waals surface area contributed by atoms with Gasteiger partial charge >= 0.3 is 5.97 Å². The van der Waals surface area contributed by atoms with Crippen molar-refractivity contribution in [1.82, 2.24) is 4.57 Å². The van der Waals surface area contributed by atoms with Crippen molar-refractivity contribution in [3.63, 3.8) is 0 Å². The van der Waals surface area contributed by atoms with Crippen molar-refractivity contribution < 1.29 is 19.0 Å². The minimum absolute atomic E-state index is 0.0152. The lowest BCUT2D eigenvalue weighted by molar-refractivity contribution is -0.136. The standard InChI is InChI=1S/C22H23ClN2O5/c1-12-10-16-18(21(26)25(12)11-15-4-3-9-29-15)17(13-5-7-14(23)8-6-13)19(20(24)30-16)22(27)28-2/h5-8,10,15,17H,3-4,9,11,24H2,1-2H3/t15-,17+/m1/s1. The summed E-state index contributed by atoms with van der Waals surface area (Å²) in [5.74, 6) is -1.12. The van der Waals surface area contributed by atoms with Crippen LogP contribution in [0, 0.1) is 6.92 Å². The van der Waals surface area contributed by atoms with Crippen LogP contribution in [0.15, 0.2) is 46.6 Å². The van der Waals surface area contributed by atoms with E-state index in [9.17, 15) is 9.59 Å². The first kappa shape index (κ1) is 20.5. The molecule has 0 bridgehead atoms. The quantitative estimate of drug-likeness (QED) is 0.750. The van der Waals surface area contributed by atoms with Gasteiger partial charge in [0, 0.05) is 23.4 Å². The number of carbonyl (C=O) groups is 1. The Morgan fingerprint density at radius 1 is 1.33 bits per heavy atom. The number of benzene rings is 1. The molecule has 30 heavy (non-hydrogen) atoms. The van der Waals surface area contributed by atoms with Gasteiger partial charge in [0.1, 0.15) is 11.3 Å². The molecule has 3 heterocycles. The van der Waals surface area contributed by atoms with Crippen LogP contribution in [0.1, 0.15) is 35.6 Å². The zero-order chi connectivity index (χ0) is 21.4. The van der Waals surface area contributed by atoms with Gasteiger partial charge in [0.25, 0.3) is 5.56 Å². The maximum Gasteiger partial charge on any atom is 0.340 e. The Hall–Kier alpha value is -2.77. The van der Waals surface area contributed by atoms with Gasteiger partial charge in [-0.3, -0.25) is 4.79 Å². The minimum Gasteiger partial charge on any atom is -0.465 e. The lowest BCUT2D eigenvalue weighted by Crippen LogP contribution is -2.36. The highest BCUT2D eigenvalue weighted by atomic mass is 35.5. The van der Waals surface area contributed by atoms with Gasteiger partial charge in [-0.15, -0.1) is 0 Å². The number of nitrogens with two attached hydrogens (primary N) is 1. The molecule has 0 aliphatic carbocycles. The van der Waals surface area contributed by atoms with Crippen LogP contribution in [0.25, 0.3) is 0 Å². The highest BCUT2D eigenvalue weighted by molar-refractivity contribution is 6.30. The third-order valence-corrected chi connectivity index (χ3v) is 5.84. The van der Waals surface area contributed by atoms with E-state index in [2.05, 4.69) is 0 Å². The smallest absolute Gasteiger partial charge is 0.340 e. The SMILES string of the molecule is COC(=O)C1=C(N)Oc2cc(C)n(C[C@H]3CCCO3)c(=O)c2[C@@H]1c1ccc(Cl)cc1. The van der Waals surface area contributed by atoms with Crippen LogP contribution < -0.4 is 16.0 Å². The van der Waals surface area contributed by atoms with Gasteiger partial charge in [-0.2, -0.15) is 0 Å². The third kappa shape index (κ3) is 3.59. The van der Waals surface area contributed by atoms with Gasteiger partial charge in [-0.05, 0) is 37.5 Å². The molecule has 0 unspecified atom stereocenters. The summed E-state index contributed by atoms with van der Waals surface area (Å²) in [6.07, 6.45) is 1.87. The van der Waals surface area contributed by atoms with Crippen molar-refractivity contribution in [2.24, 2.45) is 5.73 Å². The first-order chi connectivity index (χ1) is 14.4. The second-order valence-electron chi connectivity index (χ2n) is 7.47. The summed E-state index contributed by atoms with van der Waals surface area (Å²) < 4.78 is 18.1. The van der Waals surface area contributed by atoms with E-state index in [0.717, 1.165) is 18.5 Å². The van der Waals surface area contributed by atoms with Gasteiger partial charge in [-0.1, -0.05) is 23.7 Å². The Bertz CT molecular complexity index is 1070. The fraction of sp³-hybridized carbons (Fsp3) is 0.364. The molecule has 2 aromatic rings. The molecule has 8 heteroatoms. The molecule has 158 valence electrons. The molecule has 2 atom stereocenters. The first-order valence-corrected chi connectivity index (χ1v) is 10.2. The van der Waals surface area contributed by atoms with Crippen LogP contribution >= 0.6 is 11.6 Å². The fourth-order valence-electron chi connectivity index (χ4n) is 4.10. The Morgan fingerprint density at radius 3 is 2.70 bits per heavy atom. The monoisotopic (exact) mass is 430 g/mol. The van der Waals surface area contributed by atoms with Gasteiger partial charge in [0.15, 0.2) is 0 Å². The molecule has 0 spiro atoms. The molecular weight excluding hydrogens is 408 g/mol. The molecular formula is C22H23ClN2O5. The molecule has 0 amide bonds. The topological polar surface area (TPSA) is 92.8 Å². The largest absolute Gasteiger partial charge is 0.465 e. The van der Waals surface area contributed by atoms with Crippen molar-refractivity contribution in [2.45, 2.75) is 38.3 Å². The van der Waals surface area contributed by atoms with Crippen LogP contribution in [0.4, 0.5) is 0 Å². The Kier molecular flexibility index (Phi) is 5.58. The van der Waals surface area contributed by atoms with Crippen LogP contribution in [-0.2, 0) is 20.8 Å². The number of nitrogens with zero attached hydrogens (tertiary/aromatic N) is 1. The van der Waals surface area contributed by atoms with E-state index < -0.39 is 11.9 Å². The van der Waals surface area contributed by atoms with Crippen LogP contribution in [0.3, 0.4) is 0 Å². The van der Waals surface area contributed by atoms with Gasteiger partial charge in [0.05, 0.1) is 31.2 Å². The molecule has 2 aliphatic rings. The molecule has 0 saturated carbocycles. The second kappa shape index (κ2) is 8.16. The number of pyridine rings is 1. The van der Waals surface area contributed by atoms with Gasteiger partial charge in [0.2, 0.25) is 5.88 Å². The van der Waals surface area contributed by atoms with E-state index in [1.165, 1.54) is 7.11 Å². The number of fused-ring (bicyclic) bond motifs is 1. The predicted octanol–water partition coefficient (Wildman–Crippen LogP) is 2.86. The summed E-state index contributed by atoms with van der Waals surface area (Å²) >= 11 is 6.05. The molecule has 2 aliphatic heterocycles. The second-order valence-corrected chi connectivity index (χ2v) is 7.91. The van der Waals surface area contributed by atoms with Gasteiger partial charge < -0.3 is 24.5 Å². The Balaban J connectivity index is 1.91. The van der Waals surface area contributed by atoms with E-state index in [0.29, 0.717) is 35.1 Å². The normalized spacial score (nSPS) is 20.6. The van der Waals surface area contributed by atoms with Crippen LogP contribution in [0.2, 0.25) is 5.02 Å². The molecule has 1 aromatic heterocycles. The summed E-state index contributed by atoms with van der Waals surface area (Å²) in [6.45, 7) is 2.98. The van der Waals surface area contributed by atoms with Crippen LogP contribution in [-0.4, -0.2) is 30.4 Å². The van der Waals surface area contributed by atoms with Crippen molar-refractivity contribution in [2.75, 3.05) is 13.7 Å². The number of hydrogen-bond donors (Lipinski definition) is 1. The number of hydrogen-bond acceptors (Lipinski definition) is 6. The van der Waals surface area contributed by atoms with Gasteiger partial charge in [-0.25, -0.2) is 4.79 Å². The number of rotatable bonds is 4. The maximum absolute atomic E-state index is 13.6. The minimum atomic E-state index is -0.734. The number of methoxy groups -OCH3 is 1. The van der Waals surface area contributed by atoms with Crippen molar-refractivity contribution >= 4 is 17.6 Å². The number of carbonyl (C=O) groups excluding carboxylic acids is 1. The fourth-order valence-corrected chi connectivity index (χ4v) is 4.23. The van der Waals surface area contributed by atoms with E-state index in [4.69, 9.17) is 31.5 Å². The number of esters is 1. The molecule has 1 fully saturated rings. The van der Waals surface area contributed by atoms with E-state index in [-0.39, 0.29) is 23.1 Å². The highest BCUT2D eigenvalue weighted by Gasteiger charge is 2.38. The zero-order valence-corrected chi connectivity index (χ0v) is 17.6. The van der Waals surface area contributed by atoms with Crippen LogP contribution in [0.5, 0.6) is 5.75 Å². The lowest BCUT2D eigenvalue weighted by atomic mass is 9.83. The van der Waals surface area contributed by atoms with E-state index in [1.807, 2.05) is 6.92 Å². The lowest BCUT2D eigenvalue weighted by Gasteiger charge is -2.29. The number of aromatic nitrogens is 1. The highest BCUT2D eigenvalue weighted by Crippen LogP contribution is 2.41. The van der Waals surface area contributed by atoms with Crippen molar-refractivity contribution in [1.29, 1.82) is 0 Å². The summed E-state index contributed by atoms with van der Waals surface area (Å²) in [5.41, 5.74) is 7.72. The molecule has 0 radical (unpaired) electrons. The zero-order valence-electron chi connectivity index (χ0n) is 16.8. The average Bonchev–Trinajstić information content (AvgIpc) is 3.23. The summed E-state index contributed by atoms with van der Waals surface area (Å²) in [7, 11) is 1.27. The summed E-state index contributed by atoms with van der Waals surface area (Å²) in [5, 5.41) is 0.544.